The van der Waals surface area contributed by atoms with Crippen molar-refractivity contribution in [2.75, 3.05) is 27.2 Å². The Bertz CT molecular complexity index is 168. The van der Waals surface area contributed by atoms with Gasteiger partial charge in [-0.1, -0.05) is 0 Å². The van der Waals surface area contributed by atoms with Crippen LogP contribution in [0.4, 0.5) is 0 Å². The van der Waals surface area contributed by atoms with Gasteiger partial charge in [0.1, 0.15) is 0 Å². The van der Waals surface area contributed by atoms with E-state index in [1.54, 1.807) is 0 Å². The summed E-state index contributed by atoms with van der Waals surface area (Å²) in [6.45, 7) is 3.62. The molecule has 0 aromatic carbocycles. The molecule has 0 aromatic rings. The molecule has 1 amide bonds. The summed E-state index contributed by atoms with van der Waals surface area (Å²) < 4.78 is 0. The van der Waals surface area contributed by atoms with E-state index in [1.165, 1.54) is 12.8 Å². The molecule has 1 heterocycles. The lowest BCUT2D eigenvalue weighted by atomic mass is 10.2. The number of likely N-dealkylation sites (N-methyl/N-ethyl adjacent to an activating group) is 1. The molecule has 70 valence electrons. The highest BCUT2D eigenvalue weighted by molar-refractivity contribution is 5.78. The van der Waals surface area contributed by atoms with Gasteiger partial charge in [0.15, 0.2) is 0 Å². The molecular weight excluding hydrogens is 152 g/mol. The second-order valence-electron chi connectivity index (χ2n) is 3.82. The maximum absolute atomic E-state index is 11.6. The Hall–Kier alpha value is -0.570. The molecule has 0 spiro atoms. The minimum absolute atomic E-state index is 0.269. The second-order valence-corrected chi connectivity index (χ2v) is 3.82. The minimum Gasteiger partial charge on any atom is -0.339 e. The Kier molecular flexibility index (Phi) is 3.09. The normalized spacial score (nSPS) is 23.7. The molecule has 0 saturated carbocycles. The zero-order chi connectivity index (χ0) is 9.14. The third-order valence-corrected chi connectivity index (χ3v) is 2.32. The van der Waals surface area contributed by atoms with Crippen molar-refractivity contribution in [3.63, 3.8) is 0 Å². The Balaban J connectivity index is 2.41. The molecular formula is C9H18N2O. The van der Waals surface area contributed by atoms with E-state index in [9.17, 15) is 4.79 Å². The highest BCUT2D eigenvalue weighted by Gasteiger charge is 2.24. The van der Waals surface area contributed by atoms with Crippen molar-refractivity contribution in [1.29, 1.82) is 0 Å². The van der Waals surface area contributed by atoms with Gasteiger partial charge in [0.2, 0.25) is 5.91 Å². The smallest absolute Gasteiger partial charge is 0.236 e. The average molecular weight is 170 g/mol. The van der Waals surface area contributed by atoms with Crippen molar-refractivity contribution >= 4 is 5.91 Å². The van der Waals surface area contributed by atoms with Gasteiger partial charge in [0.25, 0.3) is 0 Å². The molecule has 1 rings (SSSR count). The minimum atomic E-state index is 0.269. The molecule has 0 aromatic heterocycles. The fraction of sp³-hybridized carbons (Fsp3) is 0.889. The standard InChI is InChI=1S/C9H18N2O/c1-8-5-4-6-11(8)9(12)7-10(2)3/h8H,4-7H2,1-3H3/t8-/m0/s1. The molecule has 1 aliphatic heterocycles. The number of likely N-dealkylation sites (tertiary alicyclic amines) is 1. The quantitative estimate of drug-likeness (QED) is 0.604. The van der Waals surface area contributed by atoms with E-state index in [1.807, 2.05) is 23.9 Å². The van der Waals surface area contributed by atoms with Crippen molar-refractivity contribution in [2.24, 2.45) is 0 Å². The monoisotopic (exact) mass is 170 g/mol. The third kappa shape index (κ3) is 2.21. The van der Waals surface area contributed by atoms with Gasteiger partial charge >= 0.3 is 0 Å². The summed E-state index contributed by atoms with van der Waals surface area (Å²) in [5.41, 5.74) is 0. The Morgan fingerprint density at radius 1 is 1.58 bits per heavy atom. The lowest BCUT2D eigenvalue weighted by molar-refractivity contribution is -0.132. The first-order valence-corrected chi connectivity index (χ1v) is 4.55. The van der Waals surface area contributed by atoms with E-state index in [0.29, 0.717) is 12.6 Å². The van der Waals surface area contributed by atoms with Gasteiger partial charge in [-0.05, 0) is 33.9 Å². The van der Waals surface area contributed by atoms with E-state index < -0.39 is 0 Å². The summed E-state index contributed by atoms with van der Waals surface area (Å²) in [7, 11) is 3.86. The van der Waals surface area contributed by atoms with Crippen molar-refractivity contribution in [3.8, 4) is 0 Å². The largest absolute Gasteiger partial charge is 0.339 e. The first-order valence-electron chi connectivity index (χ1n) is 4.55. The first kappa shape index (κ1) is 9.52. The Morgan fingerprint density at radius 2 is 2.25 bits per heavy atom. The number of nitrogens with zero attached hydrogens (tertiary/aromatic N) is 2. The van der Waals surface area contributed by atoms with E-state index in [2.05, 4.69) is 6.92 Å². The molecule has 0 bridgehead atoms. The topological polar surface area (TPSA) is 23.6 Å². The van der Waals surface area contributed by atoms with Crippen LogP contribution in [0, 0.1) is 0 Å². The van der Waals surface area contributed by atoms with Gasteiger partial charge in [0, 0.05) is 12.6 Å². The van der Waals surface area contributed by atoms with Crippen LogP contribution in [0.1, 0.15) is 19.8 Å². The van der Waals surface area contributed by atoms with Crippen LogP contribution in [-0.2, 0) is 4.79 Å². The molecule has 0 aliphatic carbocycles. The molecule has 12 heavy (non-hydrogen) atoms. The van der Waals surface area contributed by atoms with E-state index in [-0.39, 0.29) is 5.91 Å². The highest BCUT2D eigenvalue weighted by Crippen LogP contribution is 2.16. The van der Waals surface area contributed by atoms with Gasteiger partial charge in [0.05, 0.1) is 6.54 Å². The van der Waals surface area contributed by atoms with Gasteiger partial charge in [-0.2, -0.15) is 0 Å². The fourth-order valence-corrected chi connectivity index (χ4v) is 1.67. The third-order valence-electron chi connectivity index (χ3n) is 2.32. The van der Waals surface area contributed by atoms with Crippen LogP contribution in [0.25, 0.3) is 0 Å². The van der Waals surface area contributed by atoms with Gasteiger partial charge in [-0.15, -0.1) is 0 Å². The molecule has 0 N–H and O–H groups in total. The summed E-state index contributed by atoms with van der Waals surface area (Å²) in [4.78, 5) is 15.5. The summed E-state index contributed by atoms with van der Waals surface area (Å²) in [6.07, 6.45) is 2.33. The van der Waals surface area contributed by atoms with Crippen molar-refractivity contribution < 1.29 is 4.79 Å². The maximum atomic E-state index is 11.6. The Labute approximate surface area is 74.3 Å². The predicted octanol–water partition coefficient (Wildman–Crippen LogP) is 0.559. The number of carbonyl (C=O) groups excluding carboxylic acids is 1. The molecule has 0 unspecified atom stereocenters. The number of rotatable bonds is 2. The second kappa shape index (κ2) is 3.90. The van der Waals surface area contributed by atoms with Crippen molar-refractivity contribution in [3.05, 3.63) is 0 Å². The zero-order valence-corrected chi connectivity index (χ0v) is 8.21. The van der Waals surface area contributed by atoms with Crippen LogP contribution >= 0.6 is 0 Å². The summed E-state index contributed by atoms with van der Waals surface area (Å²) in [6, 6.07) is 0.456. The summed E-state index contributed by atoms with van der Waals surface area (Å²) in [5, 5.41) is 0. The first-order chi connectivity index (χ1) is 5.61. The van der Waals surface area contributed by atoms with E-state index in [4.69, 9.17) is 0 Å². The number of carbonyl (C=O) groups is 1. The van der Waals surface area contributed by atoms with Gasteiger partial charge < -0.3 is 9.80 Å². The van der Waals surface area contributed by atoms with Gasteiger partial charge in [-0.3, -0.25) is 4.79 Å². The van der Waals surface area contributed by atoms with E-state index >= 15 is 0 Å². The maximum Gasteiger partial charge on any atom is 0.236 e. The van der Waals surface area contributed by atoms with Crippen molar-refractivity contribution in [1.82, 2.24) is 9.80 Å². The number of hydrogen-bond donors (Lipinski definition) is 0. The molecule has 1 saturated heterocycles. The van der Waals surface area contributed by atoms with Crippen LogP contribution in [0.2, 0.25) is 0 Å². The highest BCUT2D eigenvalue weighted by atomic mass is 16.2. The summed E-state index contributed by atoms with van der Waals surface area (Å²) in [5.74, 6) is 0.269. The lowest BCUT2D eigenvalue weighted by Crippen LogP contribution is -2.39. The number of hydrogen-bond acceptors (Lipinski definition) is 2. The predicted molar refractivity (Wildman–Crippen MR) is 49.0 cm³/mol. The Morgan fingerprint density at radius 3 is 2.67 bits per heavy atom. The zero-order valence-electron chi connectivity index (χ0n) is 8.21. The fourth-order valence-electron chi connectivity index (χ4n) is 1.67. The van der Waals surface area contributed by atoms with Gasteiger partial charge in [-0.25, -0.2) is 0 Å². The van der Waals surface area contributed by atoms with Crippen LogP contribution in [-0.4, -0.2) is 48.9 Å². The van der Waals surface area contributed by atoms with Crippen LogP contribution < -0.4 is 0 Å². The number of amides is 1. The van der Waals surface area contributed by atoms with E-state index in [0.717, 1.165) is 6.54 Å². The van der Waals surface area contributed by atoms with Crippen LogP contribution in [0.15, 0.2) is 0 Å². The molecule has 1 aliphatic rings. The molecule has 0 radical (unpaired) electrons. The lowest BCUT2D eigenvalue weighted by Gasteiger charge is -2.23. The van der Waals surface area contributed by atoms with Crippen LogP contribution in [0.5, 0.6) is 0 Å². The molecule has 3 nitrogen and oxygen atoms in total. The summed E-state index contributed by atoms with van der Waals surface area (Å²) >= 11 is 0. The van der Waals surface area contributed by atoms with Crippen molar-refractivity contribution in [2.45, 2.75) is 25.8 Å². The molecule has 3 heteroatoms. The molecule has 1 atom stereocenters. The SMILES string of the molecule is C[C@H]1CCCN1C(=O)CN(C)C. The average Bonchev–Trinajstić information content (AvgIpc) is 2.33. The van der Waals surface area contributed by atoms with Crippen LogP contribution in [0.3, 0.4) is 0 Å². The molecule has 1 fully saturated rings.